The molecule has 1 heterocycles. The molecule has 1 saturated carbocycles. The molecule has 1 fully saturated rings. The Bertz CT molecular complexity index is 1070. The van der Waals surface area contributed by atoms with Gasteiger partial charge in [-0.3, -0.25) is 9.59 Å². The summed E-state index contributed by atoms with van der Waals surface area (Å²) in [5.41, 5.74) is 3.20. The summed E-state index contributed by atoms with van der Waals surface area (Å²) in [6.45, 7) is 1.33. The fourth-order valence-electron chi connectivity index (χ4n) is 4.87. The van der Waals surface area contributed by atoms with Gasteiger partial charge in [-0.2, -0.15) is 0 Å². The lowest BCUT2D eigenvalue weighted by atomic mass is 9.88. The van der Waals surface area contributed by atoms with Crippen molar-refractivity contribution in [3.63, 3.8) is 0 Å². The summed E-state index contributed by atoms with van der Waals surface area (Å²) in [4.78, 5) is 31.0. The third kappa shape index (κ3) is 6.01. The predicted octanol–water partition coefficient (Wildman–Crippen LogP) is 5.02. The van der Waals surface area contributed by atoms with Crippen molar-refractivity contribution in [1.82, 2.24) is 14.5 Å². The Labute approximate surface area is 195 Å². The van der Waals surface area contributed by atoms with Crippen molar-refractivity contribution in [3.8, 4) is 0 Å². The summed E-state index contributed by atoms with van der Waals surface area (Å²) < 4.78 is 2.23. The van der Waals surface area contributed by atoms with Crippen molar-refractivity contribution in [2.75, 3.05) is 13.1 Å². The van der Waals surface area contributed by atoms with Gasteiger partial charge in [0.2, 0.25) is 5.91 Å². The zero-order valence-corrected chi connectivity index (χ0v) is 19.2. The number of carboxylic acid groups (broad SMARTS) is 1. The molecule has 4 rings (SSSR count). The Morgan fingerprint density at radius 1 is 0.939 bits per heavy atom. The van der Waals surface area contributed by atoms with Crippen LogP contribution in [0.25, 0.3) is 11.0 Å². The highest BCUT2D eigenvalue weighted by Gasteiger charge is 2.23. The summed E-state index contributed by atoms with van der Waals surface area (Å²) in [5, 5.41) is 9.16. The fraction of sp³-hybridized carbons (Fsp3) is 0.444. The van der Waals surface area contributed by atoms with Gasteiger partial charge in [0.15, 0.2) is 0 Å². The van der Waals surface area contributed by atoms with E-state index in [4.69, 9.17) is 10.1 Å². The number of rotatable bonds is 10. The molecule has 1 amide bonds. The molecule has 1 aliphatic rings. The van der Waals surface area contributed by atoms with Crippen molar-refractivity contribution >= 4 is 22.9 Å². The van der Waals surface area contributed by atoms with Crippen molar-refractivity contribution in [3.05, 3.63) is 66.0 Å². The van der Waals surface area contributed by atoms with E-state index in [-0.39, 0.29) is 18.9 Å². The third-order valence-corrected chi connectivity index (χ3v) is 6.67. The molecule has 1 aromatic heterocycles. The Kier molecular flexibility index (Phi) is 7.76. The number of nitrogens with zero attached hydrogens (tertiary/aromatic N) is 3. The molecule has 174 valence electrons. The lowest BCUT2D eigenvalue weighted by molar-refractivity contribution is -0.138. The van der Waals surface area contributed by atoms with Gasteiger partial charge < -0.3 is 14.6 Å². The number of aryl methyl sites for hydroxylation is 1. The highest BCUT2D eigenvalue weighted by molar-refractivity contribution is 5.78. The number of amides is 1. The number of aliphatic carboxylic acids is 1. The van der Waals surface area contributed by atoms with E-state index in [1.54, 1.807) is 4.90 Å². The van der Waals surface area contributed by atoms with Gasteiger partial charge in [0.25, 0.3) is 0 Å². The minimum atomic E-state index is -0.882. The van der Waals surface area contributed by atoms with Gasteiger partial charge in [0.05, 0.1) is 17.5 Å². The van der Waals surface area contributed by atoms with Gasteiger partial charge in [-0.15, -0.1) is 0 Å². The van der Waals surface area contributed by atoms with Crippen LogP contribution < -0.4 is 0 Å². The monoisotopic (exact) mass is 447 g/mol. The first-order chi connectivity index (χ1) is 16.1. The molecular formula is C27H33N3O3. The highest BCUT2D eigenvalue weighted by atomic mass is 16.4. The second-order valence-corrected chi connectivity index (χ2v) is 8.96. The van der Waals surface area contributed by atoms with Crippen molar-refractivity contribution in [2.45, 2.75) is 63.8 Å². The maximum Gasteiger partial charge on any atom is 0.305 e. The van der Waals surface area contributed by atoms with Gasteiger partial charge in [0.1, 0.15) is 5.82 Å². The molecule has 2 aromatic carbocycles. The first-order valence-electron chi connectivity index (χ1n) is 12.1. The minimum Gasteiger partial charge on any atom is -0.481 e. The van der Waals surface area contributed by atoms with Crippen LogP contribution in [0.3, 0.4) is 0 Å². The molecule has 0 aliphatic heterocycles. The summed E-state index contributed by atoms with van der Waals surface area (Å²) in [5.74, 6) is 0.666. The largest absolute Gasteiger partial charge is 0.481 e. The Balaban J connectivity index is 1.48. The third-order valence-electron chi connectivity index (χ3n) is 6.67. The van der Waals surface area contributed by atoms with Crippen LogP contribution in [0.15, 0.2) is 54.6 Å². The van der Waals surface area contributed by atoms with Crippen LogP contribution in [0.5, 0.6) is 0 Å². The van der Waals surface area contributed by atoms with Crippen LogP contribution in [-0.4, -0.2) is 44.5 Å². The molecule has 1 N–H and O–H groups in total. The minimum absolute atomic E-state index is 0.000411. The number of aromatic nitrogens is 2. The maximum absolute atomic E-state index is 13.2. The number of carbonyl (C=O) groups is 2. The number of fused-ring (bicyclic) bond motifs is 1. The van der Waals surface area contributed by atoms with E-state index in [9.17, 15) is 9.59 Å². The lowest BCUT2D eigenvalue weighted by Gasteiger charge is -2.24. The second-order valence-electron chi connectivity index (χ2n) is 8.96. The Hall–Kier alpha value is -3.15. The van der Waals surface area contributed by atoms with E-state index < -0.39 is 5.97 Å². The van der Waals surface area contributed by atoms with Crippen molar-refractivity contribution < 1.29 is 14.7 Å². The summed E-state index contributed by atoms with van der Waals surface area (Å²) in [6.07, 6.45) is 7.07. The first-order valence-corrected chi connectivity index (χ1v) is 12.1. The topological polar surface area (TPSA) is 75.4 Å². The van der Waals surface area contributed by atoms with Crippen molar-refractivity contribution in [1.29, 1.82) is 0 Å². The lowest BCUT2D eigenvalue weighted by Crippen LogP contribution is -2.35. The summed E-state index contributed by atoms with van der Waals surface area (Å²) in [7, 11) is 0. The van der Waals surface area contributed by atoms with Gasteiger partial charge in [0, 0.05) is 32.0 Å². The predicted molar refractivity (Wildman–Crippen MR) is 129 cm³/mol. The average Bonchev–Trinajstić information content (AvgIpc) is 3.22. The molecule has 0 unspecified atom stereocenters. The molecule has 33 heavy (non-hydrogen) atoms. The molecule has 6 heteroatoms. The molecule has 0 saturated heterocycles. The molecule has 0 radical (unpaired) electrons. The van der Waals surface area contributed by atoms with Crippen LogP contribution in [0.1, 0.15) is 62.3 Å². The highest BCUT2D eigenvalue weighted by Crippen LogP contribution is 2.34. The van der Waals surface area contributed by atoms with Gasteiger partial charge >= 0.3 is 5.97 Å². The van der Waals surface area contributed by atoms with Crippen LogP contribution in [0, 0.1) is 0 Å². The number of benzene rings is 2. The van der Waals surface area contributed by atoms with Crippen LogP contribution in [0.2, 0.25) is 0 Å². The number of para-hydroxylation sites is 2. The van der Waals surface area contributed by atoms with E-state index >= 15 is 0 Å². The number of imidazole rings is 1. The second kappa shape index (κ2) is 11.1. The van der Waals surface area contributed by atoms with E-state index in [0.29, 0.717) is 31.8 Å². The standard InChI is InChI=1S/C27H33N3O3/c31-25(29(19-17-26(32)33)18-15-21-9-3-1-4-10-21)16-20-30-24-14-8-7-13-23(24)28-27(30)22-11-5-2-6-12-22/h1,3-4,7-10,13-14,22H,2,5-6,11-12,15-20H2,(H,32,33). The normalized spacial score (nSPS) is 14.4. The van der Waals surface area contributed by atoms with Crippen LogP contribution in [0.4, 0.5) is 0 Å². The number of carbonyl (C=O) groups excluding carboxylic acids is 1. The zero-order valence-electron chi connectivity index (χ0n) is 19.2. The Morgan fingerprint density at radius 3 is 2.42 bits per heavy atom. The van der Waals surface area contributed by atoms with E-state index in [1.807, 2.05) is 48.5 Å². The molecule has 6 nitrogen and oxygen atoms in total. The van der Waals surface area contributed by atoms with E-state index in [2.05, 4.69) is 10.6 Å². The van der Waals surface area contributed by atoms with Crippen molar-refractivity contribution in [2.24, 2.45) is 0 Å². The molecule has 0 bridgehead atoms. The zero-order chi connectivity index (χ0) is 23.0. The SMILES string of the molecule is O=C(O)CCN(CCc1ccccc1)C(=O)CCn1c(C2CCCCC2)nc2ccccc21. The van der Waals surface area contributed by atoms with E-state index in [1.165, 1.54) is 19.3 Å². The molecular weight excluding hydrogens is 414 g/mol. The number of carboxylic acids is 1. The number of hydrogen-bond donors (Lipinski definition) is 1. The van der Waals surface area contributed by atoms with Crippen LogP contribution in [-0.2, 0) is 22.6 Å². The molecule has 3 aromatic rings. The van der Waals surface area contributed by atoms with E-state index in [0.717, 1.165) is 35.3 Å². The fourth-order valence-corrected chi connectivity index (χ4v) is 4.87. The van der Waals surface area contributed by atoms with Crippen LogP contribution >= 0.6 is 0 Å². The number of hydrogen-bond acceptors (Lipinski definition) is 3. The molecule has 0 atom stereocenters. The summed E-state index contributed by atoms with van der Waals surface area (Å²) in [6, 6.07) is 18.2. The quantitative estimate of drug-likeness (QED) is 0.473. The Morgan fingerprint density at radius 2 is 1.67 bits per heavy atom. The smallest absolute Gasteiger partial charge is 0.305 e. The molecule has 1 aliphatic carbocycles. The van der Waals surface area contributed by atoms with Gasteiger partial charge in [-0.1, -0.05) is 61.7 Å². The van der Waals surface area contributed by atoms with Gasteiger partial charge in [-0.05, 0) is 37.0 Å². The molecule has 0 spiro atoms. The summed E-state index contributed by atoms with van der Waals surface area (Å²) >= 11 is 0. The first kappa shape index (κ1) is 23.0. The van der Waals surface area contributed by atoms with Gasteiger partial charge in [-0.25, -0.2) is 4.98 Å². The average molecular weight is 448 g/mol. The maximum atomic E-state index is 13.2.